The topological polar surface area (TPSA) is 49.9 Å². The van der Waals surface area contributed by atoms with Gasteiger partial charge in [0, 0.05) is 20.1 Å². The summed E-state index contributed by atoms with van der Waals surface area (Å²) in [6.07, 6.45) is 1.19. The molecular weight excluding hydrogens is 287 g/mol. The van der Waals surface area contributed by atoms with Gasteiger partial charge in [-0.1, -0.05) is 12.1 Å². The molecule has 2 heterocycles. The van der Waals surface area contributed by atoms with E-state index < -0.39 is 18.0 Å². The van der Waals surface area contributed by atoms with Crippen molar-refractivity contribution in [3.8, 4) is 0 Å². The van der Waals surface area contributed by atoms with Crippen LogP contribution < -0.4 is 0 Å². The molecule has 6 heteroatoms. The summed E-state index contributed by atoms with van der Waals surface area (Å²) in [6.45, 7) is 1.31. The maximum Gasteiger partial charge on any atom is 0.254 e. The van der Waals surface area contributed by atoms with E-state index >= 15 is 0 Å². The molecule has 0 spiro atoms. The Bertz CT molecular complexity index is 587. The molecule has 2 aliphatic rings. The monoisotopic (exact) mass is 306 g/mol. The number of nitrogens with zero attached hydrogens (tertiary/aromatic N) is 2. The van der Waals surface area contributed by atoms with Crippen LogP contribution in [0.5, 0.6) is 0 Å². The first-order valence-corrected chi connectivity index (χ1v) is 7.49. The van der Waals surface area contributed by atoms with Crippen LogP contribution in [0.4, 0.5) is 4.39 Å². The average Bonchev–Trinajstić information content (AvgIpc) is 3.03. The van der Waals surface area contributed by atoms with Crippen molar-refractivity contribution in [2.75, 3.05) is 26.7 Å². The third kappa shape index (κ3) is 2.70. The van der Waals surface area contributed by atoms with Crippen molar-refractivity contribution in [2.24, 2.45) is 0 Å². The third-order valence-corrected chi connectivity index (χ3v) is 4.34. The fourth-order valence-corrected chi connectivity index (χ4v) is 3.13. The number of ether oxygens (including phenoxy) is 1. The molecule has 22 heavy (non-hydrogen) atoms. The molecule has 0 bridgehead atoms. The van der Waals surface area contributed by atoms with Crippen LogP contribution in [0.25, 0.3) is 0 Å². The van der Waals surface area contributed by atoms with E-state index in [9.17, 15) is 14.0 Å². The van der Waals surface area contributed by atoms with Crippen molar-refractivity contribution in [1.29, 1.82) is 0 Å². The zero-order chi connectivity index (χ0) is 15.7. The Morgan fingerprint density at radius 2 is 2.05 bits per heavy atom. The fourth-order valence-electron chi connectivity index (χ4n) is 3.13. The predicted octanol–water partition coefficient (Wildman–Crippen LogP) is 1.35. The Morgan fingerprint density at radius 3 is 2.73 bits per heavy atom. The SMILES string of the molecule is CN1C(=O)CO[C@H](C(=O)N2CCCC2)[C@@H]1c1cccc(F)c1. The van der Waals surface area contributed by atoms with Gasteiger partial charge in [-0.25, -0.2) is 4.39 Å². The number of carbonyl (C=O) groups is 2. The molecule has 118 valence electrons. The first-order valence-electron chi connectivity index (χ1n) is 7.49. The molecule has 2 saturated heterocycles. The molecule has 1 aromatic rings. The summed E-state index contributed by atoms with van der Waals surface area (Å²) in [7, 11) is 1.63. The van der Waals surface area contributed by atoms with Gasteiger partial charge in [0.15, 0.2) is 6.10 Å². The molecule has 0 saturated carbocycles. The lowest BCUT2D eigenvalue weighted by atomic mass is 9.97. The van der Waals surface area contributed by atoms with E-state index in [1.54, 1.807) is 24.1 Å². The summed E-state index contributed by atoms with van der Waals surface area (Å²) < 4.78 is 19.1. The molecule has 0 N–H and O–H groups in total. The molecule has 5 nitrogen and oxygen atoms in total. The van der Waals surface area contributed by atoms with Gasteiger partial charge < -0.3 is 14.5 Å². The van der Waals surface area contributed by atoms with Crippen LogP contribution in [0.2, 0.25) is 0 Å². The Morgan fingerprint density at radius 1 is 1.32 bits per heavy atom. The lowest BCUT2D eigenvalue weighted by Gasteiger charge is -2.39. The van der Waals surface area contributed by atoms with Crippen LogP contribution in [0.15, 0.2) is 24.3 Å². The van der Waals surface area contributed by atoms with E-state index in [1.165, 1.54) is 17.0 Å². The molecule has 0 aromatic heterocycles. The number of likely N-dealkylation sites (N-methyl/N-ethyl adjacent to an activating group) is 1. The van der Waals surface area contributed by atoms with Gasteiger partial charge in [0.2, 0.25) is 5.91 Å². The van der Waals surface area contributed by atoms with Crippen LogP contribution in [-0.4, -0.2) is 54.5 Å². The second-order valence-electron chi connectivity index (χ2n) is 5.77. The smallest absolute Gasteiger partial charge is 0.254 e. The molecule has 3 rings (SSSR count). The minimum Gasteiger partial charge on any atom is -0.356 e. The molecular formula is C16H19FN2O3. The van der Waals surface area contributed by atoms with Crippen molar-refractivity contribution in [3.05, 3.63) is 35.6 Å². The number of rotatable bonds is 2. The number of hydrogen-bond donors (Lipinski definition) is 0. The zero-order valence-corrected chi connectivity index (χ0v) is 12.5. The second-order valence-corrected chi connectivity index (χ2v) is 5.77. The molecule has 2 amide bonds. The number of carbonyl (C=O) groups excluding carboxylic acids is 2. The van der Waals surface area contributed by atoms with Gasteiger partial charge in [-0.05, 0) is 30.5 Å². The molecule has 2 atom stereocenters. The fraction of sp³-hybridized carbons (Fsp3) is 0.500. The minimum absolute atomic E-state index is 0.118. The summed E-state index contributed by atoms with van der Waals surface area (Å²) in [5, 5.41) is 0. The van der Waals surface area contributed by atoms with Crippen molar-refractivity contribution >= 4 is 11.8 Å². The quantitative estimate of drug-likeness (QED) is 0.828. The maximum atomic E-state index is 13.5. The first kappa shape index (κ1) is 15.0. The van der Waals surface area contributed by atoms with E-state index in [0.29, 0.717) is 18.7 Å². The number of amides is 2. The van der Waals surface area contributed by atoms with Crippen LogP contribution >= 0.6 is 0 Å². The van der Waals surface area contributed by atoms with Crippen LogP contribution in [0.1, 0.15) is 24.4 Å². The predicted molar refractivity (Wildman–Crippen MR) is 77.5 cm³/mol. The van der Waals surface area contributed by atoms with Gasteiger partial charge in [0.25, 0.3) is 5.91 Å². The summed E-state index contributed by atoms with van der Waals surface area (Å²) in [4.78, 5) is 27.9. The van der Waals surface area contributed by atoms with Crippen molar-refractivity contribution in [1.82, 2.24) is 9.80 Å². The zero-order valence-electron chi connectivity index (χ0n) is 12.5. The molecule has 2 aliphatic heterocycles. The summed E-state index contributed by atoms with van der Waals surface area (Å²) in [6, 6.07) is 5.40. The number of benzene rings is 1. The van der Waals surface area contributed by atoms with Crippen molar-refractivity contribution in [2.45, 2.75) is 25.0 Å². The Balaban J connectivity index is 1.92. The van der Waals surface area contributed by atoms with Gasteiger partial charge >= 0.3 is 0 Å². The Labute approximate surface area is 128 Å². The molecule has 2 fully saturated rings. The van der Waals surface area contributed by atoms with Gasteiger partial charge in [0.05, 0.1) is 6.04 Å². The van der Waals surface area contributed by atoms with Crippen molar-refractivity contribution in [3.63, 3.8) is 0 Å². The number of likely N-dealkylation sites (tertiary alicyclic amines) is 1. The number of hydrogen-bond acceptors (Lipinski definition) is 3. The van der Waals surface area contributed by atoms with E-state index in [4.69, 9.17) is 4.74 Å². The van der Waals surface area contributed by atoms with Crippen LogP contribution in [0.3, 0.4) is 0 Å². The van der Waals surface area contributed by atoms with Crippen molar-refractivity contribution < 1.29 is 18.7 Å². The van der Waals surface area contributed by atoms with E-state index in [1.807, 2.05) is 0 Å². The third-order valence-electron chi connectivity index (χ3n) is 4.34. The highest BCUT2D eigenvalue weighted by atomic mass is 19.1. The minimum atomic E-state index is -0.775. The lowest BCUT2D eigenvalue weighted by Crippen LogP contribution is -2.53. The maximum absolute atomic E-state index is 13.5. The Hall–Kier alpha value is -1.95. The van der Waals surface area contributed by atoms with Gasteiger partial charge in [-0.2, -0.15) is 0 Å². The largest absolute Gasteiger partial charge is 0.356 e. The average molecular weight is 306 g/mol. The molecule has 0 radical (unpaired) electrons. The molecule has 1 aromatic carbocycles. The van der Waals surface area contributed by atoms with Gasteiger partial charge in [-0.3, -0.25) is 9.59 Å². The van der Waals surface area contributed by atoms with Gasteiger partial charge in [0.1, 0.15) is 12.4 Å². The van der Waals surface area contributed by atoms with Crippen LogP contribution in [-0.2, 0) is 14.3 Å². The number of morpholine rings is 1. The second kappa shape index (κ2) is 6.04. The first-order chi connectivity index (χ1) is 10.6. The number of halogens is 1. The highest BCUT2D eigenvalue weighted by Crippen LogP contribution is 2.31. The van der Waals surface area contributed by atoms with Crippen LogP contribution in [0, 0.1) is 5.82 Å². The lowest BCUT2D eigenvalue weighted by molar-refractivity contribution is -0.166. The van der Waals surface area contributed by atoms with E-state index in [0.717, 1.165) is 12.8 Å². The summed E-state index contributed by atoms with van der Waals surface area (Å²) >= 11 is 0. The standard InChI is InChI=1S/C16H19FN2O3/c1-18-13(20)10-22-15(16(21)19-7-2-3-8-19)14(18)11-5-4-6-12(17)9-11/h4-6,9,14-15H,2-3,7-8,10H2,1H3/t14-,15-/m0/s1. The molecule has 0 unspecified atom stereocenters. The summed E-state index contributed by atoms with van der Waals surface area (Å²) in [5.74, 6) is -0.720. The summed E-state index contributed by atoms with van der Waals surface area (Å²) in [5.41, 5.74) is 0.577. The van der Waals surface area contributed by atoms with E-state index in [2.05, 4.69) is 0 Å². The highest BCUT2D eigenvalue weighted by Gasteiger charge is 2.42. The highest BCUT2D eigenvalue weighted by molar-refractivity contribution is 5.86. The normalized spacial score (nSPS) is 25.6. The van der Waals surface area contributed by atoms with E-state index in [-0.39, 0.29) is 18.4 Å². The molecule has 0 aliphatic carbocycles. The van der Waals surface area contributed by atoms with Gasteiger partial charge in [-0.15, -0.1) is 0 Å². The Kier molecular flexibility index (Phi) is 4.11.